The van der Waals surface area contributed by atoms with Gasteiger partial charge in [0.05, 0.1) is 56.4 Å². The van der Waals surface area contributed by atoms with Crippen LogP contribution in [0.2, 0.25) is 0 Å². The molecule has 5 fully saturated rings. The average Bonchev–Trinajstić information content (AvgIpc) is 3.95. The van der Waals surface area contributed by atoms with Crippen LogP contribution in [0.5, 0.6) is 0 Å². The first kappa shape index (κ1) is 57.8. The first-order chi connectivity index (χ1) is 37.6. The molecule has 0 spiro atoms. The van der Waals surface area contributed by atoms with E-state index in [9.17, 15) is 55.2 Å². The summed E-state index contributed by atoms with van der Waals surface area (Å²) in [5, 5.41) is 101. The van der Waals surface area contributed by atoms with Crippen molar-refractivity contribution in [2.45, 2.75) is 176 Å². The Morgan fingerprint density at radius 3 is 2.19 bits per heavy atom. The van der Waals surface area contributed by atoms with Gasteiger partial charge < -0.3 is 93.4 Å². The molecule has 12 unspecified atom stereocenters. The van der Waals surface area contributed by atoms with E-state index >= 15 is 0 Å². The predicted molar refractivity (Wildman–Crippen MR) is 268 cm³/mol. The third-order valence-electron chi connectivity index (χ3n) is 15.2. The molecule has 2 aromatic heterocycles. The number of carbonyl (C=O) groups excluding carboxylic acids is 2. The van der Waals surface area contributed by atoms with Gasteiger partial charge in [0, 0.05) is 31.0 Å². The smallest absolute Gasteiger partial charge is 0.341 e. The maximum atomic E-state index is 13.7. The highest BCUT2D eigenvalue weighted by Gasteiger charge is 2.54. The van der Waals surface area contributed by atoms with Crippen LogP contribution in [0.25, 0.3) is 22.2 Å². The van der Waals surface area contributed by atoms with E-state index in [1.807, 2.05) is 37.3 Å². The van der Waals surface area contributed by atoms with Gasteiger partial charge in [-0.25, -0.2) is 9.48 Å². The fourth-order valence-corrected chi connectivity index (χ4v) is 10.8. The van der Waals surface area contributed by atoms with E-state index in [2.05, 4.69) is 15.6 Å². The summed E-state index contributed by atoms with van der Waals surface area (Å²) in [5.41, 5.74) is 0.939. The van der Waals surface area contributed by atoms with Crippen LogP contribution in [0, 0.1) is 5.92 Å². The quantitative estimate of drug-likeness (QED) is 0.0480. The van der Waals surface area contributed by atoms with Crippen LogP contribution in [0.1, 0.15) is 64.5 Å². The summed E-state index contributed by atoms with van der Waals surface area (Å²) < 4.78 is 57.6. The van der Waals surface area contributed by atoms with Crippen LogP contribution in [0.15, 0.2) is 76.1 Å². The lowest BCUT2D eigenvalue weighted by molar-refractivity contribution is -0.340. The van der Waals surface area contributed by atoms with Crippen LogP contribution in [-0.2, 0) is 54.1 Å². The maximum Gasteiger partial charge on any atom is 0.341 e. The lowest BCUT2D eigenvalue weighted by atomic mass is 9.81. The van der Waals surface area contributed by atoms with Crippen molar-refractivity contribution < 1.29 is 92.8 Å². The van der Waals surface area contributed by atoms with Gasteiger partial charge >= 0.3 is 5.63 Å². The SMILES string of the molecule is CCC[C@H](OC1C(NC(C)=O)[C@H](O[C@@H]2CC(CO[C@H]3OC(CO)[C@@H](O)C(OCc4cc5ccccc5oc4=O)C3O)CC(n3cc(-c4ccccc4)nn3)C2O[C@@H]2OC(C)[C@@H](O)C(O)C2O)OC(CO)[C@@H]1O)C(=O)N1CCC1. The van der Waals surface area contributed by atoms with Crippen LogP contribution < -0.4 is 10.9 Å². The van der Waals surface area contributed by atoms with Gasteiger partial charge in [-0.15, -0.1) is 5.10 Å². The molecular weight excluding hydrogens is 1030 g/mol. The molecule has 6 heterocycles. The minimum atomic E-state index is -1.79. The van der Waals surface area contributed by atoms with Gasteiger partial charge in [-0.05, 0) is 50.7 Å². The van der Waals surface area contributed by atoms with Crippen molar-refractivity contribution >= 4 is 22.8 Å². The molecular formula is C53H71N5O20. The number of fused-ring (bicyclic) bond motifs is 1. The van der Waals surface area contributed by atoms with Crippen LogP contribution in [0.3, 0.4) is 0 Å². The molecule has 1 saturated carbocycles. The second-order valence-electron chi connectivity index (χ2n) is 20.7. The van der Waals surface area contributed by atoms with Gasteiger partial charge in [0.15, 0.2) is 18.9 Å². The molecule has 428 valence electrons. The molecule has 4 saturated heterocycles. The molecule has 1 aliphatic carbocycles. The largest absolute Gasteiger partial charge is 0.422 e. The second-order valence-corrected chi connectivity index (χ2v) is 20.7. The van der Waals surface area contributed by atoms with Crippen molar-refractivity contribution in [1.29, 1.82) is 0 Å². The topological polar surface area (TPSA) is 346 Å². The number of aliphatic hydroxyl groups is 8. The Kier molecular flexibility index (Phi) is 19.0. The number of hydrogen-bond donors (Lipinski definition) is 9. The molecule has 4 aromatic rings. The van der Waals surface area contributed by atoms with Crippen molar-refractivity contribution in [3.05, 3.63) is 82.8 Å². The zero-order valence-corrected chi connectivity index (χ0v) is 43.4. The molecule has 2 amide bonds. The highest BCUT2D eigenvalue weighted by Crippen LogP contribution is 2.42. The summed E-state index contributed by atoms with van der Waals surface area (Å²) >= 11 is 0. The van der Waals surface area contributed by atoms with Gasteiger partial charge in [-0.2, -0.15) is 0 Å². The van der Waals surface area contributed by atoms with Crippen LogP contribution >= 0.6 is 0 Å². The van der Waals surface area contributed by atoms with Gasteiger partial charge in [-0.1, -0.05) is 67.1 Å². The monoisotopic (exact) mass is 1100 g/mol. The third kappa shape index (κ3) is 12.7. The number of aromatic nitrogens is 3. The van der Waals surface area contributed by atoms with Crippen molar-refractivity contribution in [3.63, 3.8) is 0 Å². The fourth-order valence-electron chi connectivity index (χ4n) is 10.8. The average molecular weight is 1100 g/mol. The van der Waals surface area contributed by atoms with E-state index in [1.54, 1.807) is 41.4 Å². The van der Waals surface area contributed by atoms with Crippen molar-refractivity contribution in [2.75, 3.05) is 32.9 Å². The minimum absolute atomic E-state index is 0.0199. The Morgan fingerprint density at radius 1 is 0.795 bits per heavy atom. The number of rotatable bonds is 20. The van der Waals surface area contributed by atoms with Crippen molar-refractivity contribution in [1.82, 2.24) is 25.2 Å². The third-order valence-corrected chi connectivity index (χ3v) is 15.2. The molecule has 0 bridgehead atoms. The van der Waals surface area contributed by atoms with E-state index < -0.39 is 154 Å². The van der Waals surface area contributed by atoms with Crippen LogP contribution in [0.4, 0.5) is 0 Å². The number of ether oxygens (including phenoxy) is 8. The molecule has 25 heteroatoms. The Balaban J connectivity index is 1.05. The number of amides is 2. The minimum Gasteiger partial charge on any atom is -0.422 e. The first-order valence-electron chi connectivity index (χ1n) is 26.6. The number of likely N-dealkylation sites (tertiary alicyclic amines) is 1. The standard InChI is InChI=1S/C53H71N5O20/c1-4-11-35(49(68)57-16-10-17-57)73-47-39(54-27(3)61)51(76-37(22-59)41(47)63)75-36-19-28(24-71-52-45(67)48(42(64)38(23-60)77-52)70-25-31-20-30-14-8-9-15-34(30)74-50(31)69)18-33(58-21-32(55-56-58)29-12-6-5-7-13-29)46(36)78-53-44(66)43(65)40(62)26(2)72-53/h5-9,12-15,20-21,26,28,33,35-48,51-53,59-60,62-67H,4,10-11,16-19,22-25H2,1-3H3,(H,54,61)/t26?,28?,33?,35-,36+,37?,38?,39?,40+,41-,42+,43?,44?,45?,46?,47?,48?,51+,52-,53-/m0/s1. The molecule has 9 N–H and O–H groups in total. The Hall–Kier alpha value is -4.91. The molecule has 2 aromatic carbocycles. The summed E-state index contributed by atoms with van der Waals surface area (Å²) in [6, 6.07) is 15.3. The summed E-state index contributed by atoms with van der Waals surface area (Å²) in [6.45, 7) is 3.57. The normalized spacial score (nSPS) is 35.7. The molecule has 20 atom stereocenters. The zero-order chi connectivity index (χ0) is 55.4. The number of nitrogens with one attached hydrogen (secondary N) is 1. The Bertz CT molecular complexity index is 2660. The molecule has 25 nitrogen and oxygen atoms in total. The molecule has 4 aliphatic heterocycles. The molecule has 78 heavy (non-hydrogen) atoms. The highest BCUT2D eigenvalue weighted by atomic mass is 16.7. The Morgan fingerprint density at radius 2 is 1.50 bits per heavy atom. The molecule has 5 aliphatic rings. The van der Waals surface area contributed by atoms with E-state index in [1.165, 1.54) is 18.5 Å². The molecule has 9 rings (SSSR count). The maximum absolute atomic E-state index is 13.7. The van der Waals surface area contributed by atoms with E-state index in [0.717, 1.165) is 6.42 Å². The summed E-state index contributed by atoms with van der Waals surface area (Å²) in [5.74, 6) is -1.51. The van der Waals surface area contributed by atoms with Gasteiger partial charge in [0.25, 0.3) is 5.91 Å². The number of benzene rings is 2. The van der Waals surface area contributed by atoms with Gasteiger partial charge in [0.1, 0.15) is 90.6 Å². The fraction of sp³-hybridized carbons (Fsp3) is 0.642. The number of hydrogen-bond acceptors (Lipinski definition) is 22. The number of para-hydroxylation sites is 1. The first-order valence-corrected chi connectivity index (χ1v) is 26.6. The molecule has 0 radical (unpaired) electrons. The van der Waals surface area contributed by atoms with E-state index in [0.29, 0.717) is 41.7 Å². The summed E-state index contributed by atoms with van der Waals surface area (Å²) in [6.07, 6.45) is -21.2. The lowest BCUT2D eigenvalue weighted by Gasteiger charge is -2.49. The highest BCUT2D eigenvalue weighted by molar-refractivity contribution is 5.81. The number of carbonyl (C=O) groups is 2. The zero-order valence-electron chi connectivity index (χ0n) is 43.4. The summed E-state index contributed by atoms with van der Waals surface area (Å²) in [7, 11) is 0. The lowest BCUT2D eigenvalue weighted by Crippen LogP contribution is -2.67. The summed E-state index contributed by atoms with van der Waals surface area (Å²) in [4.78, 5) is 41.4. The van der Waals surface area contributed by atoms with Crippen molar-refractivity contribution in [3.8, 4) is 11.3 Å². The Labute approximate surface area is 448 Å². The second kappa shape index (κ2) is 25.7. The van der Waals surface area contributed by atoms with Crippen LogP contribution in [-0.4, -0.2) is 216 Å². The van der Waals surface area contributed by atoms with Gasteiger partial charge in [-0.3, -0.25) is 9.59 Å². The predicted octanol–water partition coefficient (Wildman–Crippen LogP) is -0.989. The van der Waals surface area contributed by atoms with Gasteiger partial charge in [0.2, 0.25) is 5.91 Å². The van der Waals surface area contributed by atoms with E-state index in [-0.39, 0.29) is 37.3 Å². The number of nitrogens with zero attached hydrogens (tertiary/aromatic N) is 4. The van der Waals surface area contributed by atoms with Crippen molar-refractivity contribution in [2.24, 2.45) is 5.92 Å². The van der Waals surface area contributed by atoms with E-state index in [4.69, 9.17) is 42.3 Å². The number of aliphatic hydroxyl groups excluding tert-OH is 8.